The molecular weight excluding hydrogens is 486 g/mol. The van der Waals surface area contributed by atoms with Gasteiger partial charge in [0.2, 0.25) is 15.8 Å². The molecule has 2 heterocycles. The number of rotatable bonds is 8. The summed E-state index contributed by atoms with van der Waals surface area (Å²) in [5.41, 5.74) is 2.12. The number of ketones is 2. The molecule has 2 aromatic rings. The monoisotopic (exact) mass is 519 g/mol. The van der Waals surface area contributed by atoms with E-state index in [1.165, 1.54) is 23.7 Å². The van der Waals surface area contributed by atoms with E-state index in [0.29, 0.717) is 32.2 Å². The molecule has 1 aromatic heterocycles. The third-order valence-corrected chi connectivity index (χ3v) is 8.32. The number of Topliss-reactive ketones (excluding diaryl/α,β-unsaturated/α-hetero) is 2. The number of aryl methyl sites for hydroxylation is 1. The largest absolute Gasteiger partial charge is 0.349 e. The molecule has 10 heteroatoms. The lowest BCUT2D eigenvalue weighted by Gasteiger charge is -2.22. The Morgan fingerprint density at radius 3 is 2.63 bits per heavy atom. The number of amides is 1. The van der Waals surface area contributed by atoms with Crippen LogP contribution in [-0.4, -0.2) is 42.9 Å². The van der Waals surface area contributed by atoms with Crippen LogP contribution in [0, 0.1) is 11.8 Å². The molecule has 0 aliphatic carbocycles. The number of hydrogen-bond donors (Lipinski definition) is 2. The third-order valence-electron chi connectivity index (χ3n) is 6.11. The molecular formula is C25H33N3O5S2. The molecule has 0 radical (unpaired) electrons. The summed E-state index contributed by atoms with van der Waals surface area (Å²) >= 11 is 1.39. The van der Waals surface area contributed by atoms with Gasteiger partial charge in [0.1, 0.15) is 0 Å². The van der Waals surface area contributed by atoms with Gasteiger partial charge in [0, 0.05) is 30.7 Å². The molecule has 0 saturated heterocycles. The lowest BCUT2D eigenvalue weighted by atomic mass is 9.87. The molecule has 190 valence electrons. The lowest BCUT2D eigenvalue weighted by molar-refractivity contribution is -0.141. The Hall–Kier alpha value is -2.43. The highest BCUT2D eigenvalue weighted by atomic mass is 32.2. The molecule has 2 N–H and O–H groups in total. The SMILES string of the molecule is CC(C)CC(NS(=O)(=O)c1ccccc1)C(=O)CC1CCCCc2csnc2CCNC(=O)C1=O. The van der Waals surface area contributed by atoms with Gasteiger partial charge in [0.05, 0.1) is 16.6 Å². The van der Waals surface area contributed by atoms with Crippen LogP contribution in [0.4, 0.5) is 0 Å². The number of carbonyl (C=O) groups excluding carboxylic acids is 3. The second kappa shape index (κ2) is 12.5. The molecule has 1 aliphatic heterocycles. The highest BCUT2D eigenvalue weighted by Gasteiger charge is 2.32. The summed E-state index contributed by atoms with van der Waals surface area (Å²) in [6.45, 7) is 4.10. The van der Waals surface area contributed by atoms with E-state index in [-0.39, 0.29) is 23.0 Å². The van der Waals surface area contributed by atoms with Gasteiger partial charge < -0.3 is 5.32 Å². The minimum Gasteiger partial charge on any atom is -0.349 e. The molecule has 0 fully saturated rings. The van der Waals surface area contributed by atoms with Crippen LogP contribution in [0.1, 0.15) is 57.2 Å². The summed E-state index contributed by atoms with van der Waals surface area (Å²) in [6, 6.07) is 6.90. The standard InChI is InChI=1S/C25H33N3O5S2/c1-17(2)14-22(28-35(32,33)20-10-4-3-5-11-20)23(29)15-18-8-6-7-9-19-16-34-27-21(19)12-13-26-25(31)24(18)30/h3-5,10-11,16-18,22,28H,6-9,12-15H2,1-2H3,(H,26,31). The summed E-state index contributed by atoms with van der Waals surface area (Å²) < 4.78 is 32.7. The van der Waals surface area contributed by atoms with Crippen molar-refractivity contribution in [3.8, 4) is 0 Å². The Labute approximate surface area is 211 Å². The maximum Gasteiger partial charge on any atom is 0.287 e. The van der Waals surface area contributed by atoms with Gasteiger partial charge in [0.15, 0.2) is 5.78 Å². The van der Waals surface area contributed by atoms with E-state index in [9.17, 15) is 22.8 Å². The lowest BCUT2D eigenvalue weighted by Crippen LogP contribution is -2.44. The predicted octanol–water partition coefficient (Wildman–Crippen LogP) is 3.07. The maximum atomic E-state index is 13.3. The van der Waals surface area contributed by atoms with E-state index in [0.717, 1.165) is 24.1 Å². The number of sulfonamides is 1. The zero-order valence-corrected chi connectivity index (χ0v) is 21.8. The fourth-order valence-electron chi connectivity index (χ4n) is 4.25. The van der Waals surface area contributed by atoms with Crippen LogP contribution in [-0.2, 0) is 37.2 Å². The molecule has 2 unspecified atom stereocenters. The van der Waals surface area contributed by atoms with E-state index >= 15 is 0 Å². The Morgan fingerprint density at radius 2 is 1.91 bits per heavy atom. The highest BCUT2D eigenvalue weighted by Crippen LogP contribution is 2.22. The number of benzene rings is 1. The van der Waals surface area contributed by atoms with Gasteiger partial charge >= 0.3 is 0 Å². The van der Waals surface area contributed by atoms with E-state index in [2.05, 4.69) is 14.4 Å². The van der Waals surface area contributed by atoms with E-state index in [1.807, 2.05) is 19.2 Å². The number of nitrogens with zero attached hydrogens (tertiary/aromatic N) is 1. The Morgan fingerprint density at radius 1 is 1.17 bits per heavy atom. The molecule has 1 amide bonds. The Balaban J connectivity index is 1.74. The maximum absolute atomic E-state index is 13.3. The average Bonchev–Trinajstić information content (AvgIpc) is 3.26. The molecule has 1 aliphatic rings. The fraction of sp³-hybridized carbons (Fsp3) is 0.520. The molecule has 35 heavy (non-hydrogen) atoms. The van der Waals surface area contributed by atoms with E-state index < -0.39 is 33.7 Å². The average molecular weight is 520 g/mol. The van der Waals surface area contributed by atoms with Crippen molar-refractivity contribution < 1.29 is 22.8 Å². The Bertz CT molecular complexity index is 1130. The van der Waals surface area contributed by atoms with E-state index in [4.69, 9.17) is 0 Å². The van der Waals surface area contributed by atoms with Crippen molar-refractivity contribution >= 4 is 39.0 Å². The highest BCUT2D eigenvalue weighted by molar-refractivity contribution is 7.89. The van der Waals surface area contributed by atoms with Crippen molar-refractivity contribution in [3.05, 3.63) is 47.0 Å². The van der Waals surface area contributed by atoms with Crippen LogP contribution >= 0.6 is 11.5 Å². The predicted molar refractivity (Wildman–Crippen MR) is 135 cm³/mol. The van der Waals surface area contributed by atoms with Gasteiger partial charge in [-0.25, -0.2) is 13.1 Å². The zero-order valence-electron chi connectivity index (χ0n) is 20.2. The van der Waals surface area contributed by atoms with Crippen LogP contribution < -0.4 is 10.0 Å². The summed E-state index contributed by atoms with van der Waals surface area (Å²) in [5.74, 6) is -2.43. The van der Waals surface area contributed by atoms with Crippen LogP contribution in [0.15, 0.2) is 40.6 Å². The number of hydrogen-bond acceptors (Lipinski definition) is 7. The van der Waals surface area contributed by atoms with Crippen LogP contribution in [0.2, 0.25) is 0 Å². The van der Waals surface area contributed by atoms with Crippen molar-refractivity contribution in [2.75, 3.05) is 6.54 Å². The van der Waals surface area contributed by atoms with Gasteiger partial charge in [-0.15, -0.1) is 0 Å². The van der Waals surface area contributed by atoms with Crippen molar-refractivity contribution in [3.63, 3.8) is 0 Å². The summed E-state index contributed by atoms with van der Waals surface area (Å²) in [4.78, 5) is 38.8. The van der Waals surface area contributed by atoms with Gasteiger partial charge in [-0.1, -0.05) is 38.5 Å². The molecule has 1 aromatic carbocycles. The van der Waals surface area contributed by atoms with Crippen LogP contribution in [0.5, 0.6) is 0 Å². The van der Waals surface area contributed by atoms with Crippen LogP contribution in [0.25, 0.3) is 0 Å². The van der Waals surface area contributed by atoms with E-state index in [1.54, 1.807) is 18.2 Å². The number of aromatic nitrogens is 1. The van der Waals surface area contributed by atoms with Crippen molar-refractivity contribution in [1.82, 2.24) is 14.4 Å². The first-order valence-electron chi connectivity index (χ1n) is 12.0. The Kier molecular flexibility index (Phi) is 9.71. The second-order valence-corrected chi connectivity index (χ2v) is 11.7. The zero-order chi connectivity index (χ0) is 25.4. The molecule has 8 nitrogen and oxygen atoms in total. The molecule has 0 spiro atoms. The van der Waals surface area contributed by atoms with Gasteiger partial charge in [-0.05, 0) is 60.8 Å². The number of carbonyl (C=O) groups is 3. The summed E-state index contributed by atoms with van der Waals surface area (Å²) in [7, 11) is -3.91. The van der Waals surface area contributed by atoms with Gasteiger partial charge in [-0.3, -0.25) is 14.4 Å². The minimum atomic E-state index is -3.91. The van der Waals surface area contributed by atoms with Gasteiger partial charge in [-0.2, -0.15) is 4.37 Å². The number of fused-ring (bicyclic) bond motifs is 1. The molecule has 0 bridgehead atoms. The van der Waals surface area contributed by atoms with Crippen molar-refractivity contribution in [1.29, 1.82) is 0 Å². The topological polar surface area (TPSA) is 122 Å². The first-order chi connectivity index (χ1) is 16.7. The van der Waals surface area contributed by atoms with Crippen molar-refractivity contribution in [2.24, 2.45) is 11.8 Å². The second-order valence-electron chi connectivity index (χ2n) is 9.39. The smallest absolute Gasteiger partial charge is 0.287 e. The normalized spacial score (nSPS) is 18.8. The number of nitrogens with one attached hydrogen (secondary N) is 2. The van der Waals surface area contributed by atoms with Crippen LogP contribution in [0.3, 0.4) is 0 Å². The van der Waals surface area contributed by atoms with Gasteiger partial charge in [0.25, 0.3) is 5.91 Å². The quantitative estimate of drug-likeness (QED) is 0.517. The van der Waals surface area contributed by atoms with Crippen molar-refractivity contribution in [2.45, 2.75) is 69.7 Å². The summed E-state index contributed by atoms with van der Waals surface area (Å²) in [5, 5.41) is 4.68. The fourth-order valence-corrected chi connectivity index (χ4v) is 6.27. The minimum absolute atomic E-state index is 0.0474. The third kappa shape index (κ3) is 7.78. The first kappa shape index (κ1) is 27.2. The molecule has 0 saturated carbocycles. The first-order valence-corrected chi connectivity index (χ1v) is 14.3. The molecule has 3 rings (SSSR count). The molecule has 2 atom stereocenters. The summed E-state index contributed by atoms with van der Waals surface area (Å²) in [6.07, 6.45) is 3.40.